The lowest BCUT2D eigenvalue weighted by atomic mass is 10.2. The first-order valence-electron chi connectivity index (χ1n) is 5.30. The van der Waals surface area contributed by atoms with Crippen LogP contribution in [0.25, 0.3) is 0 Å². The second-order valence-corrected chi connectivity index (χ2v) is 3.54. The number of benzene rings is 1. The molecule has 1 N–H and O–H groups in total. The minimum Gasteiger partial charge on any atom is -0.493 e. The van der Waals surface area contributed by atoms with E-state index in [2.05, 4.69) is 4.98 Å². The largest absolute Gasteiger partial charge is 0.493 e. The summed E-state index contributed by atoms with van der Waals surface area (Å²) in [7, 11) is 1.47. The summed E-state index contributed by atoms with van der Waals surface area (Å²) in [6.07, 6.45) is 1.44. The quantitative estimate of drug-likeness (QED) is 0.904. The van der Waals surface area contributed by atoms with Crippen molar-refractivity contribution < 1.29 is 19.0 Å². The van der Waals surface area contributed by atoms with Gasteiger partial charge in [0, 0.05) is 6.20 Å². The summed E-state index contributed by atoms with van der Waals surface area (Å²) in [6.45, 7) is -0.103. The summed E-state index contributed by atoms with van der Waals surface area (Å²) in [5.74, 6) is 0.0808. The molecule has 4 nitrogen and oxygen atoms in total. The zero-order valence-corrected chi connectivity index (χ0v) is 9.76. The van der Waals surface area contributed by atoms with Crippen LogP contribution in [0.3, 0.4) is 0 Å². The van der Waals surface area contributed by atoms with Crippen molar-refractivity contribution in [3.8, 4) is 17.4 Å². The van der Waals surface area contributed by atoms with Crippen molar-refractivity contribution in [2.45, 2.75) is 6.61 Å². The average molecular weight is 249 g/mol. The topological polar surface area (TPSA) is 51.6 Å². The van der Waals surface area contributed by atoms with Gasteiger partial charge in [0.05, 0.1) is 13.7 Å². The SMILES string of the molecule is COc1cc(CO)ccc1Oc1ncccc1F. The maximum atomic E-state index is 13.4. The fourth-order valence-electron chi connectivity index (χ4n) is 1.45. The van der Waals surface area contributed by atoms with Gasteiger partial charge in [0.25, 0.3) is 5.88 Å². The van der Waals surface area contributed by atoms with Gasteiger partial charge in [0.15, 0.2) is 17.3 Å². The van der Waals surface area contributed by atoms with E-state index in [0.717, 1.165) is 0 Å². The molecule has 0 aliphatic carbocycles. The molecular formula is C13H12FNO3. The number of hydrogen-bond donors (Lipinski definition) is 1. The maximum Gasteiger partial charge on any atom is 0.255 e. The number of aliphatic hydroxyl groups is 1. The molecule has 94 valence electrons. The van der Waals surface area contributed by atoms with E-state index >= 15 is 0 Å². The molecule has 5 heteroatoms. The zero-order chi connectivity index (χ0) is 13.0. The molecule has 1 aromatic heterocycles. The number of ether oxygens (including phenoxy) is 2. The van der Waals surface area contributed by atoms with Crippen LogP contribution in [0.2, 0.25) is 0 Å². The Morgan fingerprint density at radius 2 is 2.11 bits per heavy atom. The van der Waals surface area contributed by atoms with Crippen molar-refractivity contribution in [2.24, 2.45) is 0 Å². The van der Waals surface area contributed by atoms with Crippen LogP contribution >= 0.6 is 0 Å². The van der Waals surface area contributed by atoms with E-state index in [1.807, 2.05) is 0 Å². The number of halogens is 1. The molecule has 0 aliphatic heterocycles. The van der Waals surface area contributed by atoms with Crippen LogP contribution < -0.4 is 9.47 Å². The first kappa shape index (κ1) is 12.3. The van der Waals surface area contributed by atoms with Crippen molar-refractivity contribution in [3.05, 3.63) is 47.9 Å². The summed E-state index contributed by atoms with van der Waals surface area (Å²) in [6, 6.07) is 7.62. The monoisotopic (exact) mass is 249 g/mol. The van der Waals surface area contributed by atoms with E-state index in [1.165, 1.54) is 25.4 Å². The second kappa shape index (κ2) is 5.46. The zero-order valence-electron chi connectivity index (χ0n) is 9.76. The smallest absolute Gasteiger partial charge is 0.255 e. The molecule has 18 heavy (non-hydrogen) atoms. The van der Waals surface area contributed by atoms with Gasteiger partial charge in [-0.1, -0.05) is 6.07 Å². The Labute approximate surface area is 104 Å². The Bertz CT molecular complexity index is 546. The predicted molar refractivity (Wildman–Crippen MR) is 63.2 cm³/mol. The fraction of sp³-hybridized carbons (Fsp3) is 0.154. The molecule has 0 unspecified atom stereocenters. The lowest BCUT2D eigenvalue weighted by Gasteiger charge is -2.10. The Hall–Kier alpha value is -2.14. The Balaban J connectivity index is 2.32. The number of pyridine rings is 1. The first-order valence-corrected chi connectivity index (χ1v) is 5.30. The number of aliphatic hydroxyl groups excluding tert-OH is 1. The molecule has 0 saturated heterocycles. The normalized spacial score (nSPS) is 10.2. The van der Waals surface area contributed by atoms with Crippen LogP contribution in [0, 0.1) is 5.82 Å². The molecule has 0 bridgehead atoms. The third kappa shape index (κ3) is 2.57. The Kier molecular flexibility index (Phi) is 3.74. The molecule has 0 atom stereocenters. The van der Waals surface area contributed by atoms with Gasteiger partial charge in [-0.2, -0.15) is 0 Å². The number of methoxy groups -OCH3 is 1. The van der Waals surface area contributed by atoms with E-state index in [4.69, 9.17) is 14.6 Å². The minimum atomic E-state index is -0.550. The predicted octanol–water partition coefficient (Wildman–Crippen LogP) is 2.51. The summed E-state index contributed by atoms with van der Waals surface area (Å²) < 4.78 is 23.8. The van der Waals surface area contributed by atoms with Gasteiger partial charge in [0.1, 0.15) is 0 Å². The van der Waals surface area contributed by atoms with Crippen LogP contribution in [0.1, 0.15) is 5.56 Å². The number of aromatic nitrogens is 1. The van der Waals surface area contributed by atoms with Crippen molar-refractivity contribution >= 4 is 0 Å². The summed E-state index contributed by atoms with van der Waals surface area (Å²) in [4.78, 5) is 3.79. The van der Waals surface area contributed by atoms with E-state index < -0.39 is 5.82 Å². The van der Waals surface area contributed by atoms with Crippen LogP contribution in [-0.2, 0) is 6.61 Å². The molecule has 2 rings (SSSR count). The van der Waals surface area contributed by atoms with Crippen LogP contribution in [0.5, 0.6) is 17.4 Å². The number of nitrogens with zero attached hydrogens (tertiary/aromatic N) is 1. The van der Waals surface area contributed by atoms with E-state index in [0.29, 0.717) is 17.1 Å². The lowest BCUT2D eigenvalue weighted by molar-refractivity contribution is 0.280. The van der Waals surface area contributed by atoms with Gasteiger partial charge in [-0.15, -0.1) is 0 Å². The summed E-state index contributed by atoms with van der Waals surface area (Å²) in [5, 5.41) is 9.01. The Morgan fingerprint density at radius 3 is 2.78 bits per heavy atom. The highest BCUT2D eigenvalue weighted by atomic mass is 19.1. The van der Waals surface area contributed by atoms with E-state index in [9.17, 15) is 4.39 Å². The molecule has 0 aliphatic rings. The number of hydrogen-bond acceptors (Lipinski definition) is 4. The fourth-order valence-corrected chi connectivity index (χ4v) is 1.45. The van der Waals surface area contributed by atoms with E-state index in [-0.39, 0.29) is 12.5 Å². The second-order valence-electron chi connectivity index (χ2n) is 3.54. The molecule has 0 fully saturated rings. The van der Waals surface area contributed by atoms with E-state index in [1.54, 1.807) is 18.2 Å². The third-order valence-electron chi connectivity index (χ3n) is 2.34. The van der Waals surface area contributed by atoms with Gasteiger partial charge in [0.2, 0.25) is 0 Å². The average Bonchev–Trinajstić information content (AvgIpc) is 2.41. The van der Waals surface area contributed by atoms with Crippen LogP contribution in [-0.4, -0.2) is 17.2 Å². The highest BCUT2D eigenvalue weighted by Crippen LogP contribution is 2.32. The van der Waals surface area contributed by atoms with Crippen molar-refractivity contribution in [3.63, 3.8) is 0 Å². The van der Waals surface area contributed by atoms with Gasteiger partial charge >= 0.3 is 0 Å². The van der Waals surface area contributed by atoms with Crippen molar-refractivity contribution in [1.29, 1.82) is 0 Å². The van der Waals surface area contributed by atoms with Gasteiger partial charge in [-0.3, -0.25) is 0 Å². The van der Waals surface area contributed by atoms with Crippen molar-refractivity contribution in [2.75, 3.05) is 7.11 Å². The van der Waals surface area contributed by atoms with Crippen LogP contribution in [0.4, 0.5) is 4.39 Å². The van der Waals surface area contributed by atoms with Crippen molar-refractivity contribution in [1.82, 2.24) is 4.98 Å². The van der Waals surface area contributed by atoms with Gasteiger partial charge in [-0.05, 0) is 29.8 Å². The standard InChI is InChI=1S/C13H12FNO3/c1-17-12-7-9(8-16)4-5-11(12)18-13-10(14)3-2-6-15-13/h2-7,16H,8H2,1H3. The van der Waals surface area contributed by atoms with Gasteiger partial charge in [-0.25, -0.2) is 9.37 Å². The summed E-state index contributed by atoms with van der Waals surface area (Å²) in [5.41, 5.74) is 0.681. The third-order valence-corrected chi connectivity index (χ3v) is 2.34. The molecule has 1 heterocycles. The lowest BCUT2D eigenvalue weighted by Crippen LogP contribution is -1.95. The molecule has 0 amide bonds. The highest BCUT2D eigenvalue weighted by molar-refractivity contribution is 5.44. The molecule has 0 radical (unpaired) electrons. The summed E-state index contributed by atoms with van der Waals surface area (Å²) >= 11 is 0. The first-order chi connectivity index (χ1) is 8.74. The molecule has 0 spiro atoms. The maximum absolute atomic E-state index is 13.4. The number of rotatable bonds is 4. The van der Waals surface area contributed by atoms with Gasteiger partial charge < -0.3 is 14.6 Å². The molecule has 0 saturated carbocycles. The Morgan fingerprint density at radius 1 is 1.28 bits per heavy atom. The minimum absolute atomic E-state index is 0.103. The highest BCUT2D eigenvalue weighted by Gasteiger charge is 2.10. The molecular weight excluding hydrogens is 237 g/mol. The molecule has 1 aromatic carbocycles. The molecule has 2 aromatic rings. The van der Waals surface area contributed by atoms with Crippen LogP contribution in [0.15, 0.2) is 36.5 Å².